The summed E-state index contributed by atoms with van der Waals surface area (Å²) in [6.45, 7) is 2.34. The first kappa shape index (κ1) is 13.8. The molecular formula is C16H22N4O2. The van der Waals surface area contributed by atoms with Crippen LogP contribution < -0.4 is 5.32 Å². The van der Waals surface area contributed by atoms with Gasteiger partial charge in [-0.3, -0.25) is 9.59 Å². The normalized spacial score (nSPS) is 24.2. The smallest absolute Gasteiger partial charge is 0.274 e. The Bertz CT molecular complexity index is 601. The molecule has 3 heterocycles. The van der Waals surface area contributed by atoms with E-state index >= 15 is 0 Å². The molecule has 1 atom stereocenters. The van der Waals surface area contributed by atoms with E-state index in [0.717, 1.165) is 50.9 Å². The van der Waals surface area contributed by atoms with Gasteiger partial charge in [-0.05, 0) is 38.5 Å². The first-order valence-corrected chi connectivity index (χ1v) is 8.36. The van der Waals surface area contributed by atoms with Crippen LogP contribution in [0.4, 0.5) is 0 Å². The number of likely N-dealkylation sites (tertiary alicyclic amines) is 1. The SMILES string of the molecule is O=C(NC1CCC1)C1CCc2c(C(=O)N3CCC3)ncn2C1. The zero-order chi connectivity index (χ0) is 15.1. The summed E-state index contributed by atoms with van der Waals surface area (Å²) in [5.41, 5.74) is 1.60. The van der Waals surface area contributed by atoms with Crippen LogP contribution in [0, 0.1) is 5.92 Å². The second-order valence-electron chi connectivity index (χ2n) is 6.71. The summed E-state index contributed by atoms with van der Waals surface area (Å²) in [5, 5.41) is 3.14. The van der Waals surface area contributed by atoms with E-state index in [1.165, 1.54) is 6.42 Å². The summed E-state index contributed by atoms with van der Waals surface area (Å²) in [5.74, 6) is 0.228. The lowest BCUT2D eigenvalue weighted by atomic mass is 9.91. The molecule has 0 aromatic carbocycles. The van der Waals surface area contributed by atoms with Gasteiger partial charge in [0.05, 0.1) is 17.9 Å². The number of hydrogen-bond donors (Lipinski definition) is 1. The minimum absolute atomic E-state index is 0.00857. The Labute approximate surface area is 129 Å². The van der Waals surface area contributed by atoms with E-state index < -0.39 is 0 Å². The van der Waals surface area contributed by atoms with E-state index in [0.29, 0.717) is 18.3 Å². The van der Waals surface area contributed by atoms with Crippen molar-refractivity contribution in [3.05, 3.63) is 17.7 Å². The van der Waals surface area contributed by atoms with Gasteiger partial charge in [0, 0.05) is 25.7 Å². The molecule has 1 N–H and O–H groups in total. The molecule has 6 nitrogen and oxygen atoms in total. The lowest BCUT2D eigenvalue weighted by Gasteiger charge is -2.32. The molecule has 2 amide bonds. The summed E-state index contributed by atoms with van der Waals surface area (Å²) in [7, 11) is 0. The molecular weight excluding hydrogens is 280 g/mol. The number of nitrogens with one attached hydrogen (secondary N) is 1. The largest absolute Gasteiger partial charge is 0.353 e. The zero-order valence-electron chi connectivity index (χ0n) is 12.8. The van der Waals surface area contributed by atoms with Crippen molar-refractivity contribution in [3.8, 4) is 0 Å². The number of rotatable bonds is 3. The minimum atomic E-state index is 0.00857. The molecule has 0 radical (unpaired) electrons. The van der Waals surface area contributed by atoms with E-state index in [-0.39, 0.29) is 17.7 Å². The molecule has 1 saturated heterocycles. The summed E-state index contributed by atoms with van der Waals surface area (Å²) in [6, 6.07) is 0.389. The van der Waals surface area contributed by atoms with E-state index in [4.69, 9.17) is 0 Å². The van der Waals surface area contributed by atoms with Crippen LogP contribution in [0.25, 0.3) is 0 Å². The molecule has 2 aliphatic heterocycles. The molecule has 0 bridgehead atoms. The van der Waals surface area contributed by atoms with Crippen molar-refractivity contribution in [2.45, 2.75) is 51.1 Å². The molecule has 1 aromatic rings. The van der Waals surface area contributed by atoms with Crippen molar-refractivity contribution < 1.29 is 9.59 Å². The van der Waals surface area contributed by atoms with Crippen LogP contribution in [0.2, 0.25) is 0 Å². The van der Waals surface area contributed by atoms with Crippen LogP contribution in [0.5, 0.6) is 0 Å². The Morgan fingerprint density at radius 1 is 1.18 bits per heavy atom. The van der Waals surface area contributed by atoms with Crippen molar-refractivity contribution in [2.75, 3.05) is 13.1 Å². The fourth-order valence-corrected chi connectivity index (χ4v) is 3.40. The van der Waals surface area contributed by atoms with Crippen molar-refractivity contribution in [1.82, 2.24) is 19.8 Å². The monoisotopic (exact) mass is 302 g/mol. The number of carbonyl (C=O) groups excluding carboxylic acids is 2. The predicted octanol–water partition coefficient (Wildman–Crippen LogP) is 0.960. The molecule has 1 aliphatic carbocycles. The highest BCUT2D eigenvalue weighted by atomic mass is 16.2. The summed E-state index contributed by atoms with van der Waals surface area (Å²) in [6.07, 6.45) is 7.84. The fraction of sp³-hybridized carbons (Fsp3) is 0.688. The van der Waals surface area contributed by atoms with Gasteiger partial charge >= 0.3 is 0 Å². The van der Waals surface area contributed by atoms with Crippen molar-refractivity contribution >= 4 is 11.8 Å². The Morgan fingerprint density at radius 2 is 2.00 bits per heavy atom. The number of amides is 2. The van der Waals surface area contributed by atoms with Crippen LogP contribution in [0.15, 0.2) is 6.33 Å². The molecule has 1 unspecified atom stereocenters. The van der Waals surface area contributed by atoms with Gasteiger partial charge in [0.15, 0.2) is 0 Å². The Morgan fingerprint density at radius 3 is 2.64 bits per heavy atom. The van der Waals surface area contributed by atoms with Crippen molar-refractivity contribution in [3.63, 3.8) is 0 Å². The maximum Gasteiger partial charge on any atom is 0.274 e. The highest BCUT2D eigenvalue weighted by Crippen LogP contribution is 2.25. The molecule has 6 heteroatoms. The molecule has 0 spiro atoms. The maximum absolute atomic E-state index is 12.3. The molecule has 22 heavy (non-hydrogen) atoms. The number of nitrogens with zero attached hydrogens (tertiary/aromatic N) is 3. The molecule has 118 valence electrons. The van der Waals surface area contributed by atoms with Crippen LogP contribution in [-0.2, 0) is 17.8 Å². The summed E-state index contributed by atoms with van der Waals surface area (Å²) in [4.78, 5) is 30.8. The molecule has 1 saturated carbocycles. The van der Waals surface area contributed by atoms with Gasteiger partial charge in [-0.25, -0.2) is 4.98 Å². The number of fused-ring (bicyclic) bond motifs is 1. The number of carbonyl (C=O) groups is 2. The topological polar surface area (TPSA) is 67.2 Å². The van der Waals surface area contributed by atoms with Crippen molar-refractivity contribution in [1.29, 1.82) is 0 Å². The van der Waals surface area contributed by atoms with Gasteiger partial charge in [-0.2, -0.15) is 0 Å². The third-order valence-corrected chi connectivity index (χ3v) is 5.26. The second kappa shape index (κ2) is 5.41. The third-order valence-electron chi connectivity index (χ3n) is 5.26. The Balaban J connectivity index is 1.44. The molecule has 3 aliphatic rings. The van der Waals surface area contributed by atoms with Gasteiger partial charge < -0.3 is 14.8 Å². The van der Waals surface area contributed by atoms with Gasteiger partial charge in [0.2, 0.25) is 5.91 Å². The molecule has 1 aromatic heterocycles. The maximum atomic E-state index is 12.3. The van der Waals surface area contributed by atoms with Crippen LogP contribution in [0.1, 0.15) is 48.3 Å². The standard InChI is InChI=1S/C16H22N4O2/c21-15(18-12-3-1-4-12)11-5-6-13-14(17-10-20(13)9-11)16(22)19-7-2-8-19/h10-12H,1-9H2,(H,18,21). The lowest BCUT2D eigenvalue weighted by molar-refractivity contribution is -0.127. The molecule has 2 fully saturated rings. The van der Waals surface area contributed by atoms with E-state index in [2.05, 4.69) is 10.3 Å². The van der Waals surface area contributed by atoms with Gasteiger partial charge in [0.25, 0.3) is 5.91 Å². The average Bonchev–Trinajstić information content (AvgIpc) is 2.83. The summed E-state index contributed by atoms with van der Waals surface area (Å²) >= 11 is 0. The zero-order valence-corrected chi connectivity index (χ0v) is 12.8. The van der Waals surface area contributed by atoms with Crippen molar-refractivity contribution in [2.24, 2.45) is 5.92 Å². The minimum Gasteiger partial charge on any atom is -0.353 e. The van der Waals surface area contributed by atoms with Gasteiger partial charge in [-0.15, -0.1) is 0 Å². The molecule has 4 rings (SSSR count). The fourth-order valence-electron chi connectivity index (χ4n) is 3.40. The third kappa shape index (κ3) is 2.30. The highest BCUT2D eigenvalue weighted by Gasteiger charge is 2.32. The van der Waals surface area contributed by atoms with Crippen LogP contribution in [-0.4, -0.2) is 45.4 Å². The van der Waals surface area contributed by atoms with Gasteiger partial charge in [0.1, 0.15) is 5.69 Å². The Hall–Kier alpha value is -1.85. The van der Waals surface area contributed by atoms with E-state index in [1.807, 2.05) is 9.47 Å². The number of imidazole rings is 1. The van der Waals surface area contributed by atoms with E-state index in [9.17, 15) is 9.59 Å². The predicted molar refractivity (Wildman–Crippen MR) is 80.3 cm³/mol. The quantitative estimate of drug-likeness (QED) is 0.904. The average molecular weight is 302 g/mol. The Kier molecular flexibility index (Phi) is 3.39. The summed E-state index contributed by atoms with van der Waals surface area (Å²) < 4.78 is 2.00. The first-order valence-electron chi connectivity index (χ1n) is 8.36. The van der Waals surface area contributed by atoms with Gasteiger partial charge in [-0.1, -0.05) is 0 Å². The van der Waals surface area contributed by atoms with Crippen LogP contribution in [0.3, 0.4) is 0 Å². The first-order chi connectivity index (χ1) is 10.7. The van der Waals surface area contributed by atoms with Crippen LogP contribution >= 0.6 is 0 Å². The highest BCUT2D eigenvalue weighted by molar-refractivity contribution is 5.94. The van der Waals surface area contributed by atoms with E-state index in [1.54, 1.807) is 6.33 Å². The number of aromatic nitrogens is 2. The second-order valence-corrected chi connectivity index (χ2v) is 6.71. The number of hydrogen-bond acceptors (Lipinski definition) is 3. The lowest BCUT2D eigenvalue weighted by Crippen LogP contribution is -2.45.